The predicted octanol–water partition coefficient (Wildman–Crippen LogP) is 4.13. The zero-order valence-corrected chi connectivity index (χ0v) is 14.3. The van der Waals surface area contributed by atoms with Gasteiger partial charge in [0.25, 0.3) is 0 Å². The summed E-state index contributed by atoms with van der Waals surface area (Å²) in [6.07, 6.45) is 4.04. The highest BCUT2D eigenvalue weighted by Gasteiger charge is 2.31. The molecule has 1 aromatic heterocycles. The van der Waals surface area contributed by atoms with E-state index in [0.29, 0.717) is 11.5 Å². The maximum absolute atomic E-state index is 3.67. The molecule has 114 valence electrons. The lowest BCUT2D eigenvalue weighted by Crippen LogP contribution is -2.43. The molecule has 20 heavy (non-hydrogen) atoms. The summed E-state index contributed by atoms with van der Waals surface area (Å²) < 4.78 is 0. The van der Waals surface area contributed by atoms with E-state index < -0.39 is 0 Å². The van der Waals surface area contributed by atoms with Gasteiger partial charge in [-0.1, -0.05) is 27.7 Å². The first-order chi connectivity index (χ1) is 9.50. The average Bonchev–Trinajstić information content (AvgIpc) is 3.09. The Morgan fingerprint density at radius 1 is 1.40 bits per heavy atom. The second kappa shape index (κ2) is 7.06. The fourth-order valence-corrected chi connectivity index (χ4v) is 3.49. The van der Waals surface area contributed by atoms with Crippen molar-refractivity contribution in [2.45, 2.75) is 65.6 Å². The first kappa shape index (κ1) is 16.0. The molecule has 1 aliphatic carbocycles. The summed E-state index contributed by atoms with van der Waals surface area (Å²) >= 11 is 1.81. The van der Waals surface area contributed by atoms with Gasteiger partial charge in [0.2, 0.25) is 0 Å². The van der Waals surface area contributed by atoms with Crippen LogP contribution in [0.15, 0.2) is 16.8 Å². The molecule has 1 atom stereocenters. The number of nitrogens with one attached hydrogen (secondary N) is 1. The van der Waals surface area contributed by atoms with Crippen molar-refractivity contribution in [3.8, 4) is 0 Å². The van der Waals surface area contributed by atoms with Gasteiger partial charge in [-0.25, -0.2) is 0 Å². The number of thiophene rings is 1. The first-order valence-electron chi connectivity index (χ1n) is 7.99. The highest BCUT2D eigenvalue weighted by atomic mass is 32.1. The van der Waals surface area contributed by atoms with E-state index in [1.54, 1.807) is 0 Å². The van der Waals surface area contributed by atoms with Gasteiger partial charge in [0.1, 0.15) is 0 Å². The summed E-state index contributed by atoms with van der Waals surface area (Å²) in [6.45, 7) is 12.7. The standard InChI is InChI=1S/C17H30N2S/c1-5-18-16(17(2,3)4)8-10-19(15-6-7-15)12-14-9-11-20-13-14/h9,11,13,15-16,18H,5-8,10,12H2,1-4H3. The molecule has 2 rings (SSSR count). The number of hydrogen-bond donors (Lipinski definition) is 1. The zero-order valence-electron chi connectivity index (χ0n) is 13.5. The van der Waals surface area contributed by atoms with Crippen LogP contribution in [-0.4, -0.2) is 30.1 Å². The fourth-order valence-electron chi connectivity index (χ4n) is 2.83. The molecule has 0 spiro atoms. The predicted molar refractivity (Wildman–Crippen MR) is 89.3 cm³/mol. The Labute approximate surface area is 128 Å². The van der Waals surface area contributed by atoms with Crippen LogP contribution in [0.4, 0.5) is 0 Å². The second-order valence-corrected chi connectivity index (χ2v) is 7.88. The molecule has 1 N–H and O–H groups in total. The van der Waals surface area contributed by atoms with E-state index >= 15 is 0 Å². The van der Waals surface area contributed by atoms with Crippen LogP contribution < -0.4 is 5.32 Å². The van der Waals surface area contributed by atoms with Gasteiger partial charge < -0.3 is 5.32 Å². The summed E-state index contributed by atoms with van der Waals surface area (Å²) in [4.78, 5) is 2.69. The summed E-state index contributed by atoms with van der Waals surface area (Å²) in [5.74, 6) is 0. The Kier molecular flexibility index (Phi) is 5.65. The van der Waals surface area contributed by atoms with Crippen molar-refractivity contribution in [1.82, 2.24) is 10.2 Å². The molecular weight excluding hydrogens is 264 g/mol. The van der Waals surface area contributed by atoms with Crippen LogP contribution in [0.25, 0.3) is 0 Å². The normalized spacial score (nSPS) is 17.6. The zero-order chi connectivity index (χ0) is 14.6. The summed E-state index contributed by atoms with van der Waals surface area (Å²) in [7, 11) is 0. The first-order valence-corrected chi connectivity index (χ1v) is 8.93. The largest absolute Gasteiger partial charge is 0.314 e. The summed E-state index contributed by atoms with van der Waals surface area (Å²) in [5, 5.41) is 8.16. The van der Waals surface area contributed by atoms with Crippen LogP contribution >= 0.6 is 11.3 Å². The van der Waals surface area contributed by atoms with Gasteiger partial charge in [-0.2, -0.15) is 11.3 Å². The lowest BCUT2D eigenvalue weighted by molar-refractivity contribution is 0.195. The molecule has 2 nitrogen and oxygen atoms in total. The maximum atomic E-state index is 3.67. The molecular formula is C17H30N2S. The summed E-state index contributed by atoms with van der Waals surface area (Å²) in [6, 6.07) is 3.72. The van der Waals surface area contributed by atoms with Gasteiger partial charge in [0.05, 0.1) is 0 Å². The third-order valence-corrected chi connectivity index (χ3v) is 4.96. The highest BCUT2D eigenvalue weighted by molar-refractivity contribution is 7.07. The quantitative estimate of drug-likeness (QED) is 0.775. The van der Waals surface area contributed by atoms with Gasteiger partial charge in [-0.3, -0.25) is 4.90 Å². The van der Waals surface area contributed by atoms with E-state index in [9.17, 15) is 0 Å². The molecule has 0 radical (unpaired) electrons. The minimum atomic E-state index is 0.341. The smallest absolute Gasteiger partial charge is 0.0244 e. The van der Waals surface area contributed by atoms with Crippen molar-refractivity contribution in [1.29, 1.82) is 0 Å². The maximum Gasteiger partial charge on any atom is 0.0244 e. The minimum absolute atomic E-state index is 0.341. The second-order valence-electron chi connectivity index (χ2n) is 7.10. The Bertz CT molecular complexity index is 376. The molecule has 0 aliphatic heterocycles. The molecule has 0 aromatic carbocycles. The van der Waals surface area contributed by atoms with E-state index in [1.807, 2.05) is 11.3 Å². The third kappa shape index (κ3) is 4.87. The molecule has 0 bridgehead atoms. The van der Waals surface area contributed by atoms with Crippen LogP contribution in [0.1, 0.15) is 52.5 Å². The molecule has 0 saturated heterocycles. The molecule has 1 unspecified atom stereocenters. The number of rotatable bonds is 8. The van der Waals surface area contributed by atoms with Crippen molar-refractivity contribution in [3.05, 3.63) is 22.4 Å². The minimum Gasteiger partial charge on any atom is -0.314 e. The van der Waals surface area contributed by atoms with Crippen molar-refractivity contribution in [2.75, 3.05) is 13.1 Å². The number of nitrogens with zero attached hydrogens (tertiary/aromatic N) is 1. The lowest BCUT2D eigenvalue weighted by atomic mass is 9.84. The van der Waals surface area contributed by atoms with Gasteiger partial charge in [0.15, 0.2) is 0 Å². The van der Waals surface area contributed by atoms with Crippen molar-refractivity contribution in [2.24, 2.45) is 5.41 Å². The van der Waals surface area contributed by atoms with E-state index in [0.717, 1.165) is 19.1 Å². The molecule has 1 saturated carbocycles. The van der Waals surface area contributed by atoms with E-state index in [1.165, 1.54) is 31.4 Å². The van der Waals surface area contributed by atoms with E-state index in [4.69, 9.17) is 0 Å². The Balaban J connectivity index is 1.87. The monoisotopic (exact) mass is 294 g/mol. The van der Waals surface area contributed by atoms with Gasteiger partial charge in [0, 0.05) is 25.2 Å². The van der Waals surface area contributed by atoms with E-state index in [-0.39, 0.29) is 0 Å². The van der Waals surface area contributed by atoms with Crippen LogP contribution in [0.3, 0.4) is 0 Å². The summed E-state index contributed by atoms with van der Waals surface area (Å²) in [5.41, 5.74) is 1.82. The Morgan fingerprint density at radius 2 is 2.15 bits per heavy atom. The SMILES string of the molecule is CCNC(CCN(Cc1ccsc1)C1CC1)C(C)(C)C. The molecule has 1 aliphatic rings. The third-order valence-electron chi connectivity index (χ3n) is 4.23. The lowest BCUT2D eigenvalue weighted by Gasteiger charge is -2.33. The molecule has 1 aromatic rings. The molecule has 3 heteroatoms. The Morgan fingerprint density at radius 3 is 2.65 bits per heavy atom. The molecule has 0 amide bonds. The number of hydrogen-bond acceptors (Lipinski definition) is 3. The van der Waals surface area contributed by atoms with Crippen LogP contribution in [-0.2, 0) is 6.54 Å². The van der Waals surface area contributed by atoms with Gasteiger partial charge >= 0.3 is 0 Å². The van der Waals surface area contributed by atoms with Gasteiger partial charge in [-0.15, -0.1) is 0 Å². The Hall–Kier alpha value is -0.380. The van der Waals surface area contributed by atoms with Crippen LogP contribution in [0, 0.1) is 5.41 Å². The van der Waals surface area contributed by atoms with Crippen LogP contribution in [0.5, 0.6) is 0 Å². The van der Waals surface area contributed by atoms with E-state index in [2.05, 4.69) is 54.7 Å². The molecule has 1 heterocycles. The van der Waals surface area contributed by atoms with Crippen molar-refractivity contribution < 1.29 is 0 Å². The topological polar surface area (TPSA) is 15.3 Å². The average molecular weight is 295 g/mol. The van der Waals surface area contributed by atoms with Crippen LogP contribution in [0.2, 0.25) is 0 Å². The molecule has 1 fully saturated rings. The van der Waals surface area contributed by atoms with Gasteiger partial charge in [-0.05, 0) is 53.6 Å². The highest BCUT2D eigenvalue weighted by Crippen LogP contribution is 2.30. The van der Waals surface area contributed by atoms with Crippen molar-refractivity contribution in [3.63, 3.8) is 0 Å². The van der Waals surface area contributed by atoms with Crippen molar-refractivity contribution >= 4 is 11.3 Å². The fraction of sp³-hybridized carbons (Fsp3) is 0.765.